The number of carbonyl (C=O) groups is 2. The summed E-state index contributed by atoms with van der Waals surface area (Å²) in [6.45, 7) is 6.57. The molecule has 1 saturated heterocycles. The molecule has 0 aromatic heterocycles. The molecule has 1 aromatic rings. The molecule has 180 valence electrons. The highest BCUT2D eigenvalue weighted by atomic mass is 35.5. The highest BCUT2D eigenvalue weighted by Crippen LogP contribution is 2.41. The number of hydrogen-bond donors (Lipinski definition) is 2. The lowest BCUT2D eigenvalue weighted by atomic mass is 9.75. The van der Waals surface area contributed by atoms with Crippen LogP contribution in [0.5, 0.6) is 0 Å². The number of thioether (sulfide) groups is 1. The van der Waals surface area contributed by atoms with E-state index in [0.717, 1.165) is 6.42 Å². The van der Waals surface area contributed by atoms with Crippen LogP contribution in [-0.4, -0.2) is 51.7 Å². The maximum atomic E-state index is 14.3. The fraction of sp³-hybridized carbons (Fsp3) is 0.609. The fourth-order valence-electron chi connectivity index (χ4n) is 4.98. The largest absolute Gasteiger partial charge is 0.354 e. The van der Waals surface area contributed by atoms with Crippen LogP contribution < -0.4 is 10.7 Å². The molecule has 0 spiro atoms. The molecule has 1 aliphatic carbocycles. The number of carbonyl (C=O) groups excluding carboxylic acids is 2. The minimum atomic E-state index is -0.385. The molecular formula is C23H31ClFN5O2S. The fourth-order valence-corrected chi connectivity index (χ4v) is 6.36. The first kappa shape index (κ1) is 24.1. The van der Waals surface area contributed by atoms with Crippen molar-refractivity contribution in [2.45, 2.75) is 70.6 Å². The summed E-state index contributed by atoms with van der Waals surface area (Å²) in [7, 11) is 0. The van der Waals surface area contributed by atoms with Crippen molar-refractivity contribution in [2.75, 3.05) is 6.54 Å². The molecule has 3 aliphatic rings. The number of hydrogen-bond acceptors (Lipinski definition) is 6. The first-order valence-corrected chi connectivity index (χ1v) is 13.0. The zero-order valence-electron chi connectivity index (χ0n) is 19.2. The van der Waals surface area contributed by atoms with Gasteiger partial charge in [0, 0.05) is 40.9 Å². The summed E-state index contributed by atoms with van der Waals surface area (Å²) < 4.78 is 14.3. The van der Waals surface area contributed by atoms with Gasteiger partial charge >= 0.3 is 0 Å². The van der Waals surface area contributed by atoms with Gasteiger partial charge in [-0.3, -0.25) is 15.0 Å². The molecule has 33 heavy (non-hydrogen) atoms. The van der Waals surface area contributed by atoms with Crippen molar-refractivity contribution >= 4 is 40.3 Å². The van der Waals surface area contributed by atoms with E-state index in [2.05, 4.69) is 20.7 Å². The molecule has 10 heteroatoms. The Morgan fingerprint density at radius 1 is 1.39 bits per heavy atom. The summed E-state index contributed by atoms with van der Waals surface area (Å²) >= 11 is 7.62. The van der Waals surface area contributed by atoms with Crippen molar-refractivity contribution in [3.63, 3.8) is 0 Å². The lowest BCUT2D eigenvalue weighted by molar-refractivity contribution is -0.157. The number of rotatable bonds is 6. The average Bonchev–Trinajstić information content (AvgIpc) is 3.19. The number of nitrogens with zero attached hydrogens (tertiary/aromatic N) is 3. The van der Waals surface area contributed by atoms with Crippen LogP contribution in [0.2, 0.25) is 5.02 Å². The van der Waals surface area contributed by atoms with Crippen LogP contribution in [0.25, 0.3) is 0 Å². The van der Waals surface area contributed by atoms with Crippen molar-refractivity contribution in [1.82, 2.24) is 20.5 Å². The third-order valence-corrected chi connectivity index (χ3v) is 7.85. The van der Waals surface area contributed by atoms with E-state index < -0.39 is 0 Å². The van der Waals surface area contributed by atoms with Gasteiger partial charge in [0.1, 0.15) is 5.82 Å². The van der Waals surface area contributed by atoms with Crippen molar-refractivity contribution in [1.29, 1.82) is 0 Å². The van der Waals surface area contributed by atoms with Crippen molar-refractivity contribution in [2.24, 2.45) is 16.9 Å². The molecule has 7 nitrogen and oxygen atoms in total. The molecule has 2 amide bonds. The highest BCUT2D eigenvalue weighted by molar-refractivity contribution is 8.13. The molecule has 4 unspecified atom stereocenters. The van der Waals surface area contributed by atoms with E-state index in [-0.39, 0.29) is 47.8 Å². The molecule has 4 atom stereocenters. The summed E-state index contributed by atoms with van der Waals surface area (Å²) in [4.78, 5) is 30.1. The summed E-state index contributed by atoms with van der Waals surface area (Å²) in [5, 5.41) is 8.63. The summed E-state index contributed by atoms with van der Waals surface area (Å²) in [5.74, 6) is -0.186. The number of hydrazone groups is 1. The zero-order valence-corrected chi connectivity index (χ0v) is 20.8. The van der Waals surface area contributed by atoms with Crippen molar-refractivity contribution in [3.05, 3.63) is 34.6 Å². The molecule has 2 N–H and O–H groups in total. The predicted octanol–water partition coefficient (Wildman–Crippen LogP) is 3.73. The summed E-state index contributed by atoms with van der Waals surface area (Å²) in [5.41, 5.74) is 3.55. The molecule has 4 rings (SSSR count). The van der Waals surface area contributed by atoms with Gasteiger partial charge in [-0.05, 0) is 51.7 Å². The maximum absolute atomic E-state index is 14.3. The standard InChI is InChI=1S/C23H31ClFN5O2S/c1-4-10-29-21(32)15-9-8-14(20(31)26-13(2)3)11-19(15)30-22(29)27-28-23(30)33-12-16-17(24)6-5-7-18(16)25/h5-7,13-15,19,22,27H,4,8-12H2,1-3H3,(H,26,31). The van der Waals surface area contributed by atoms with E-state index in [0.29, 0.717) is 47.3 Å². The average molecular weight is 496 g/mol. The van der Waals surface area contributed by atoms with Gasteiger partial charge in [-0.25, -0.2) is 4.39 Å². The first-order chi connectivity index (χ1) is 15.8. The van der Waals surface area contributed by atoms with Crippen molar-refractivity contribution < 1.29 is 14.0 Å². The minimum absolute atomic E-state index is 0.0415. The molecule has 1 aromatic carbocycles. The molecule has 2 fully saturated rings. The third kappa shape index (κ3) is 4.80. The number of amides is 2. The lowest BCUT2D eigenvalue weighted by Crippen LogP contribution is -2.68. The number of fused-ring (bicyclic) bond motifs is 3. The monoisotopic (exact) mass is 495 g/mol. The molecule has 2 aliphatic heterocycles. The quantitative estimate of drug-likeness (QED) is 0.628. The molecule has 1 saturated carbocycles. The van der Waals surface area contributed by atoms with Gasteiger partial charge in [-0.15, -0.1) is 0 Å². The summed E-state index contributed by atoms with van der Waals surface area (Å²) in [6.07, 6.45) is 2.40. The lowest BCUT2D eigenvalue weighted by Gasteiger charge is -2.51. The van der Waals surface area contributed by atoms with Gasteiger partial charge in [0.05, 0.1) is 5.92 Å². The Hall–Kier alpha value is -2.00. The second-order valence-corrected chi connectivity index (χ2v) is 10.5. The van der Waals surface area contributed by atoms with Crippen molar-refractivity contribution in [3.8, 4) is 0 Å². The summed E-state index contributed by atoms with van der Waals surface area (Å²) in [6, 6.07) is 4.60. The van der Waals surface area contributed by atoms with E-state index >= 15 is 0 Å². The Morgan fingerprint density at radius 2 is 2.18 bits per heavy atom. The van der Waals surface area contributed by atoms with Crippen LogP contribution in [0.4, 0.5) is 4.39 Å². The Bertz CT molecular complexity index is 925. The molecule has 0 radical (unpaired) electrons. The topological polar surface area (TPSA) is 77.0 Å². The number of nitrogens with one attached hydrogen (secondary N) is 2. The van der Waals surface area contributed by atoms with Gasteiger partial charge in [0.15, 0.2) is 11.5 Å². The Morgan fingerprint density at radius 3 is 2.88 bits per heavy atom. The zero-order chi connectivity index (χ0) is 23.7. The van der Waals surface area contributed by atoms with Crippen LogP contribution in [-0.2, 0) is 15.3 Å². The third-order valence-electron chi connectivity index (χ3n) is 6.50. The number of halogens is 2. The van der Waals surface area contributed by atoms with E-state index in [9.17, 15) is 14.0 Å². The predicted molar refractivity (Wildman–Crippen MR) is 129 cm³/mol. The molecule has 0 bridgehead atoms. The Kier molecular flexibility index (Phi) is 7.38. The molecule has 2 heterocycles. The van der Waals surface area contributed by atoms with Gasteiger partial charge in [-0.1, -0.05) is 36.4 Å². The highest BCUT2D eigenvalue weighted by Gasteiger charge is 2.52. The van der Waals surface area contributed by atoms with Crippen LogP contribution in [0.15, 0.2) is 23.3 Å². The normalized spacial score (nSPS) is 26.6. The van der Waals surface area contributed by atoms with E-state index in [1.165, 1.54) is 17.8 Å². The van der Waals surface area contributed by atoms with E-state index in [4.69, 9.17) is 11.6 Å². The van der Waals surface area contributed by atoms with Gasteiger partial charge < -0.3 is 15.1 Å². The first-order valence-electron chi connectivity index (χ1n) is 11.6. The van der Waals surface area contributed by atoms with Crippen LogP contribution in [0.3, 0.4) is 0 Å². The van der Waals surface area contributed by atoms with E-state index in [1.807, 2.05) is 25.7 Å². The Labute approximate surface area is 203 Å². The van der Waals surface area contributed by atoms with Gasteiger partial charge in [0.2, 0.25) is 11.8 Å². The Balaban J connectivity index is 1.57. The minimum Gasteiger partial charge on any atom is -0.354 e. The van der Waals surface area contributed by atoms with Gasteiger partial charge in [0.25, 0.3) is 0 Å². The maximum Gasteiger partial charge on any atom is 0.230 e. The number of benzene rings is 1. The van der Waals surface area contributed by atoms with E-state index in [1.54, 1.807) is 12.1 Å². The van der Waals surface area contributed by atoms with Crippen LogP contribution in [0, 0.1) is 17.7 Å². The second kappa shape index (κ2) is 10.1. The van der Waals surface area contributed by atoms with Crippen LogP contribution in [0.1, 0.15) is 52.0 Å². The molecular weight excluding hydrogens is 465 g/mol. The second-order valence-electron chi connectivity index (χ2n) is 9.17. The number of amidine groups is 1. The van der Waals surface area contributed by atoms with Crippen LogP contribution >= 0.6 is 23.4 Å². The van der Waals surface area contributed by atoms with Gasteiger partial charge in [-0.2, -0.15) is 5.10 Å². The smallest absolute Gasteiger partial charge is 0.230 e. The SMILES string of the molecule is CCCN1C(=O)C2CCC(C(=O)NC(C)C)CC2N2C(SCc3c(F)cccc3Cl)=NNC12.